The number of nitrogens with one attached hydrogen (secondary N) is 1. The lowest BCUT2D eigenvalue weighted by Gasteiger charge is -2.30. The molecule has 1 aliphatic carbocycles. The van der Waals surface area contributed by atoms with Crippen molar-refractivity contribution in [3.63, 3.8) is 0 Å². The van der Waals surface area contributed by atoms with Crippen LogP contribution < -0.4 is 5.32 Å². The molecule has 0 radical (unpaired) electrons. The molecule has 2 unspecified atom stereocenters. The molecule has 2 atom stereocenters. The van der Waals surface area contributed by atoms with E-state index < -0.39 is 28.9 Å². The van der Waals surface area contributed by atoms with Crippen LogP contribution in [0.1, 0.15) is 36.0 Å². The van der Waals surface area contributed by atoms with Crippen LogP contribution in [-0.2, 0) is 0 Å². The number of benzene rings is 1. The zero-order valence-electron chi connectivity index (χ0n) is 10.8. The number of carbonyl (C=O) groups excluding carboxylic acids is 1. The van der Waals surface area contributed by atoms with Crippen LogP contribution in [0.25, 0.3) is 0 Å². The Kier molecular flexibility index (Phi) is 4.91. The average Bonchev–Trinajstić information content (AvgIpc) is 2.45. The molecule has 1 fully saturated rings. The van der Waals surface area contributed by atoms with Crippen LogP contribution >= 0.6 is 11.6 Å². The van der Waals surface area contributed by atoms with Crippen LogP contribution in [0.15, 0.2) is 12.1 Å². The monoisotopic (exact) mass is 305 g/mol. The third kappa shape index (κ3) is 3.08. The normalized spacial score (nSPS) is 22.6. The average molecular weight is 306 g/mol. The number of alkyl halides is 1. The predicted molar refractivity (Wildman–Crippen MR) is 70.2 cm³/mol. The van der Waals surface area contributed by atoms with Gasteiger partial charge in [0.1, 0.15) is 0 Å². The first kappa shape index (κ1) is 15.2. The van der Waals surface area contributed by atoms with Gasteiger partial charge in [0.05, 0.1) is 5.56 Å². The largest absolute Gasteiger partial charge is 0.349 e. The predicted octanol–water partition coefficient (Wildman–Crippen LogP) is 3.63. The van der Waals surface area contributed by atoms with Gasteiger partial charge in [-0.25, -0.2) is 13.2 Å². The molecule has 1 amide bonds. The summed E-state index contributed by atoms with van der Waals surface area (Å²) in [5, 5.41) is 2.67. The first-order valence-electron chi connectivity index (χ1n) is 6.55. The molecule has 20 heavy (non-hydrogen) atoms. The summed E-state index contributed by atoms with van der Waals surface area (Å²) < 4.78 is 39.5. The summed E-state index contributed by atoms with van der Waals surface area (Å²) in [5.74, 6) is -4.59. The van der Waals surface area contributed by atoms with E-state index in [1.807, 2.05) is 0 Å². The summed E-state index contributed by atoms with van der Waals surface area (Å²) in [5.41, 5.74) is -0.484. The quantitative estimate of drug-likeness (QED) is 0.670. The van der Waals surface area contributed by atoms with E-state index in [4.69, 9.17) is 11.6 Å². The minimum atomic E-state index is -1.63. The fraction of sp³-hybridized carbons (Fsp3) is 0.500. The van der Waals surface area contributed by atoms with Crippen molar-refractivity contribution < 1.29 is 18.0 Å². The number of hydrogen-bond donors (Lipinski definition) is 1. The van der Waals surface area contributed by atoms with Gasteiger partial charge in [-0.3, -0.25) is 4.79 Å². The van der Waals surface area contributed by atoms with Crippen molar-refractivity contribution in [3.05, 3.63) is 35.1 Å². The topological polar surface area (TPSA) is 29.1 Å². The Morgan fingerprint density at radius 3 is 2.60 bits per heavy atom. The highest BCUT2D eigenvalue weighted by Gasteiger charge is 2.27. The Bertz CT molecular complexity index is 509. The number of amides is 1. The Labute approximate surface area is 120 Å². The second kappa shape index (κ2) is 6.48. The van der Waals surface area contributed by atoms with Gasteiger partial charge in [-0.05, 0) is 30.9 Å². The summed E-state index contributed by atoms with van der Waals surface area (Å²) in [6.45, 7) is 0. The third-order valence-corrected chi connectivity index (χ3v) is 4.10. The van der Waals surface area contributed by atoms with Gasteiger partial charge in [0.15, 0.2) is 17.5 Å². The summed E-state index contributed by atoms with van der Waals surface area (Å²) in [7, 11) is 0. The second-order valence-electron chi connectivity index (χ2n) is 5.00. The maximum atomic E-state index is 13.5. The van der Waals surface area contributed by atoms with E-state index in [9.17, 15) is 18.0 Å². The second-order valence-corrected chi connectivity index (χ2v) is 5.31. The zero-order valence-corrected chi connectivity index (χ0v) is 11.5. The van der Waals surface area contributed by atoms with Gasteiger partial charge < -0.3 is 5.32 Å². The molecule has 0 aromatic heterocycles. The Morgan fingerprint density at radius 1 is 1.20 bits per heavy atom. The van der Waals surface area contributed by atoms with Crippen LogP contribution in [-0.4, -0.2) is 17.8 Å². The van der Waals surface area contributed by atoms with Crippen molar-refractivity contribution >= 4 is 17.5 Å². The SMILES string of the molecule is O=C(NC1CCCCC1CCl)c1ccc(F)c(F)c1F. The molecule has 2 nitrogen and oxygen atoms in total. The minimum Gasteiger partial charge on any atom is -0.349 e. The molecular formula is C14H15ClF3NO. The molecule has 0 heterocycles. The first-order chi connectivity index (χ1) is 9.54. The summed E-state index contributed by atoms with van der Waals surface area (Å²) in [6.07, 6.45) is 3.66. The van der Waals surface area contributed by atoms with Crippen molar-refractivity contribution in [1.82, 2.24) is 5.32 Å². The summed E-state index contributed by atoms with van der Waals surface area (Å²) >= 11 is 5.85. The Balaban J connectivity index is 2.14. The fourth-order valence-electron chi connectivity index (χ4n) is 2.53. The van der Waals surface area contributed by atoms with Crippen molar-refractivity contribution in [2.24, 2.45) is 5.92 Å². The van der Waals surface area contributed by atoms with Gasteiger partial charge in [-0.2, -0.15) is 0 Å². The maximum Gasteiger partial charge on any atom is 0.254 e. The molecular weight excluding hydrogens is 291 g/mol. The number of halogens is 4. The number of rotatable bonds is 3. The molecule has 1 aromatic carbocycles. The lowest BCUT2D eigenvalue weighted by molar-refractivity contribution is 0.0905. The Hall–Kier alpha value is -1.23. The fourth-order valence-corrected chi connectivity index (χ4v) is 2.90. The standard InChI is InChI=1S/C14H15ClF3NO/c15-7-8-3-1-2-4-11(8)19-14(20)9-5-6-10(16)13(18)12(9)17/h5-6,8,11H,1-4,7H2,(H,19,20). The molecule has 0 aliphatic heterocycles. The van der Waals surface area contributed by atoms with E-state index in [-0.39, 0.29) is 12.0 Å². The smallest absolute Gasteiger partial charge is 0.254 e. The van der Waals surface area contributed by atoms with Crippen LogP contribution in [0.2, 0.25) is 0 Å². The van der Waals surface area contributed by atoms with Gasteiger partial charge >= 0.3 is 0 Å². The molecule has 0 spiro atoms. The molecule has 1 N–H and O–H groups in total. The van der Waals surface area contributed by atoms with Crippen molar-refractivity contribution in [2.45, 2.75) is 31.7 Å². The van der Waals surface area contributed by atoms with Crippen LogP contribution in [0.5, 0.6) is 0 Å². The summed E-state index contributed by atoms with van der Waals surface area (Å²) in [6, 6.07) is 1.54. The van der Waals surface area contributed by atoms with E-state index >= 15 is 0 Å². The van der Waals surface area contributed by atoms with Crippen molar-refractivity contribution in [2.75, 3.05) is 5.88 Å². The molecule has 1 aromatic rings. The van der Waals surface area contributed by atoms with Crippen LogP contribution in [0, 0.1) is 23.4 Å². The highest BCUT2D eigenvalue weighted by atomic mass is 35.5. The minimum absolute atomic E-state index is 0.128. The zero-order chi connectivity index (χ0) is 14.7. The molecule has 0 bridgehead atoms. The lowest BCUT2D eigenvalue weighted by Crippen LogP contribution is -2.43. The van der Waals surface area contributed by atoms with Crippen LogP contribution in [0.4, 0.5) is 13.2 Å². The van der Waals surface area contributed by atoms with Crippen molar-refractivity contribution in [1.29, 1.82) is 0 Å². The van der Waals surface area contributed by atoms with Gasteiger partial charge in [0.2, 0.25) is 0 Å². The molecule has 0 saturated heterocycles. The van der Waals surface area contributed by atoms with Gasteiger partial charge in [-0.1, -0.05) is 12.8 Å². The highest BCUT2D eigenvalue weighted by molar-refractivity contribution is 6.18. The van der Waals surface area contributed by atoms with E-state index in [0.29, 0.717) is 5.88 Å². The third-order valence-electron chi connectivity index (χ3n) is 3.70. The van der Waals surface area contributed by atoms with E-state index in [2.05, 4.69) is 5.32 Å². The number of hydrogen-bond acceptors (Lipinski definition) is 1. The lowest BCUT2D eigenvalue weighted by atomic mass is 9.85. The molecule has 6 heteroatoms. The highest BCUT2D eigenvalue weighted by Crippen LogP contribution is 2.26. The van der Waals surface area contributed by atoms with E-state index in [0.717, 1.165) is 37.8 Å². The van der Waals surface area contributed by atoms with Gasteiger partial charge in [-0.15, -0.1) is 11.6 Å². The summed E-state index contributed by atoms with van der Waals surface area (Å²) in [4.78, 5) is 12.0. The van der Waals surface area contributed by atoms with E-state index in [1.165, 1.54) is 0 Å². The van der Waals surface area contributed by atoms with Crippen molar-refractivity contribution in [3.8, 4) is 0 Å². The van der Waals surface area contributed by atoms with Gasteiger partial charge in [0.25, 0.3) is 5.91 Å². The molecule has 110 valence electrons. The van der Waals surface area contributed by atoms with Crippen LogP contribution in [0.3, 0.4) is 0 Å². The molecule has 2 rings (SSSR count). The molecule has 1 aliphatic rings. The Morgan fingerprint density at radius 2 is 1.90 bits per heavy atom. The first-order valence-corrected chi connectivity index (χ1v) is 7.08. The molecule has 1 saturated carbocycles. The maximum absolute atomic E-state index is 13.5. The van der Waals surface area contributed by atoms with E-state index in [1.54, 1.807) is 0 Å². The van der Waals surface area contributed by atoms with Gasteiger partial charge in [0, 0.05) is 11.9 Å². The number of carbonyl (C=O) groups is 1.